The van der Waals surface area contributed by atoms with Crippen LogP contribution < -0.4 is 9.47 Å². The molecule has 1 aliphatic heterocycles. The van der Waals surface area contributed by atoms with Gasteiger partial charge in [-0.25, -0.2) is 4.79 Å². The first-order chi connectivity index (χ1) is 9.34. The van der Waals surface area contributed by atoms with Crippen LogP contribution >= 0.6 is 0 Å². The van der Waals surface area contributed by atoms with Crippen molar-refractivity contribution < 1.29 is 24.2 Å². The van der Waals surface area contributed by atoms with Crippen LogP contribution in [0.3, 0.4) is 0 Å². The minimum Gasteiger partial charge on any atom is -0.485 e. The lowest BCUT2D eigenvalue weighted by Crippen LogP contribution is -2.56. The zero-order chi connectivity index (χ0) is 14.9. The largest absolute Gasteiger partial charge is 0.485 e. The quantitative estimate of drug-likeness (QED) is 0.898. The fraction of sp³-hybridized carbons (Fsp3) is 0.429. The zero-order valence-corrected chi connectivity index (χ0v) is 11.6. The summed E-state index contributed by atoms with van der Waals surface area (Å²) in [6.45, 7) is 2.99. The molecule has 1 aliphatic rings. The first kappa shape index (κ1) is 14.2. The van der Waals surface area contributed by atoms with Crippen LogP contribution in [-0.2, 0) is 9.59 Å². The van der Waals surface area contributed by atoms with Crippen LogP contribution in [0.5, 0.6) is 11.5 Å². The minimum absolute atomic E-state index is 0.0654. The van der Waals surface area contributed by atoms with Gasteiger partial charge in [-0.15, -0.1) is 0 Å². The Morgan fingerprint density at radius 1 is 1.30 bits per heavy atom. The van der Waals surface area contributed by atoms with Crippen molar-refractivity contribution in [2.45, 2.75) is 25.5 Å². The maximum atomic E-state index is 12.3. The van der Waals surface area contributed by atoms with Crippen LogP contribution in [0.2, 0.25) is 0 Å². The number of hydrogen-bond donors (Lipinski definition) is 1. The van der Waals surface area contributed by atoms with Gasteiger partial charge in [0.05, 0.1) is 0 Å². The van der Waals surface area contributed by atoms with Crippen molar-refractivity contribution in [3.8, 4) is 11.5 Å². The summed E-state index contributed by atoms with van der Waals surface area (Å²) in [5, 5.41) is 9.15. The van der Waals surface area contributed by atoms with Gasteiger partial charge in [0, 0.05) is 7.05 Å². The summed E-state index contributed by atoms with van der Waals surface area (Å²) < 4.78 is 11.0. The van der Waals surface area contributed by atoms with Crippen molar-refractivity contribution in [1.82, 2.24) is 4.90 Å². The Hall–Kier alpha value is -2.24. The molecule has 0 aromatic heterocycles. The number of rotatable bonds is 3. The zero-order valence-electron chi connectivity index (χ0n) is 11.6. The summed E-state index contributed by atoms with van der Waals surface area (Å²) in [5.41, 5.74) is -1.31. The van der Waals surface area contributed by atoms with E-state index in [0.29, 0.717) is 11.5 Å². The van der Waals surface area contributed by atoms with E-state index in [1.54, 1.807) is 18.2 Å². The highest BCUT2D eigenvalue weighted by molar-refractivity contribution is 5.88. The van der Waals surface area contributed by atoms with Gasteiger partial charge in [-0.3, -0.25) is 4.79 Å². The van der Waals surface area contributed by atoms with Gasteiger partial charge < -0.3 is 19.5 Å². The summed E-state index contributed by atoms with van der Waals surface area (Å²) in [4.78, 5) is 24.7. The predicted octanol–water partition coefficient (Wildman–Crippen LogP) is 1.15. The van der Waals surface area contributed by atoms with Crippen molar-refractivity contribution >= 4 is 11.9 Å². The predicted molar refractivity (Wildman–Crippen MR) is 70.8 cm³/mol. The molecule has 1 amide bonds. The smallest absolute Gasteiger partial charge is 0.329 e. The second kappa shape index (κ2) is 5.03. The van der Waals surface area contributed by atoms with E-state index in [1.807, 2.05) is 6.07 Å². The van der Waals surface area contributed by atoms with E-state index < -0.39 is 23.5 Å². The summed E-state index contributed by atoms with van der Waals surface area (Å²) in [6.07, 6.45) is -0.839. The maximum Gasteiger partial charge on any atom is 0.329 e. The number of nitrogens with zero attached hydrogens (tertiary/aromatic N) is 1. The molecule has 1 aromatic rings. The molecule has 0 spiro atoms. The molecule has 0 saturated carbocycles. The number of ether oxygens (including phenoxy) is 2. The Morgan fingerprint density at radius 2 is 1.90 bits per heavy atom. The highest BCUT2D eigenvalue weighted by Gasteiger charge is 2.40. The van der Waals surface area contributed by atoms with E-state index in [2.05, 4.69) is 0 Å². The second-order valence-electron chi connectivity index (χ2n) is 5.13. The Bertz CT molecular complexity index is 540. The number of aliphatic carboxylic acids is 1. The molecule has 0 aliphatic carbocycles. The molecule has 6 heteroatoms. The Kier molecular flexibility index (Phi) is 3.57. The number of amides is 1. The molecule has 1 aromatic carbocycles. The molecule has 6 nitrogen and oxygen atoms in total. The number of carboxylic acids is 1. The summed E-state index contributed by atoms with van der Waals surface area (Å²) >= 11 is 0. The van der Waals surface area contributed by atoms with Crippen LogP contribution in [0.4, 0.5) is 0 Å². The number of fused-ring (bicyclic) bond motifs is 1. The first-order valence-electron chi connectivity index (χ1n) is 6.23. The molecular weight excluding hydrogens is 262 g/mol. The fourth-order valence-electron chi connectivity index (χ4n) is 1.78. The number of carbonyl (C=O) groups excluding carboxylic acids is 1. The van der Waals surface area contributed by atoms with Crippen LogP contribution in [0.1, 0.15) is 13.8 Å². The lowest BCUT2D eigenvalue weighted by Gasteiger charge is -2.35. The van der Waals surface area contributed by atoms with E-state index in [1.165, 1.54) is 20.9 Å². The van der Waals surface area contributed by atoms with Crippen LogP contribution in [0, 0.1) is 0 Å². The van der Waals surface area contributed by atoms with E-state index in [4.69, 9.17) is 14.6 Å². The monoisotopic (exact) mass is 279 g/mol. The van der Waals surface area contributed by atoms with Crippen molar-refractivity contribution in [3.05, 3.63) is 24.3 Å². The fourth-order valence-corrected chi connectivity index (χ4v) is 1.78. The molecule has 1 N–H and O–H groups in total. The highest BCUT2D eigenvalue weighted by atomic mass is 16.6. The van der Waals surface area contributed by atoms with Crippen molar-refractivity contribution in [2.24, 2.45) is 0 Å². The molecule has 1 heterocycles. The van der Waals surface area contributed by atoms with Crippen LogP contribution in [0.15, 0.2) is 24.3 Å². The molecule has 2 rings (SSSR count). The van der Waals surface area contributed by atoms with Gasteiger partial charge in [-0.1, -0.05) is 12.1 Å². The lowest BCUT2D eigenvalue weighted by molar-refractivity contribution is -0.159. The molecule has 0 fully saturated rings. The van der Waals surface area contributed by atoms with E-state index in [0.717, 1.165) is 4.90 Å². The number of carboxylic acid groups (broad SMARTS) is 1. The highest BCUT2D eigenvalue weighted by Crippen LogP contribution is 2.31. The molecule has 1 atom stereocenters. The Balaban J connectivity index is 2.14. The van der Waals surface area contributed by atoms with Gasteiger partial charge in [-0.05, 0) is 26.0 Å². The Morgan fingerprint density at radius 3 is 2.50 bits per heavy atom. The third kappa shape index (κ3) is 2.41. The molecule has 1 unspecified atom stereocenters. The van der Waals surface area contributed by atoms with Gasteiger partial charge in [0.25, 0.3) is 5.91 Å². The third-order valence-corrected chi connectivity index (χ3v) is 3.48. The van der Waals surface area contributed by atoms with Gasteiger partial charge in [0.2, 0.25) is 6.10 Å². The van der Waals surface area contributed by atoms with Crippen LogP contribution in [-0.4, -0.2) is 47.2 Å². The standard InChI is InChI=1S/C14H17NO5/c1-14(2,13(17)18)15(3)12(16)11-8-19-9-6-4-5-7-10(9)20-11/h4-7,11H,8H2,1-3H3,(H,17,18). The van der Waals surface area contributed by atoms with E-state index in [9.17, 15) is 9.59 Å². The number of hydrogen-bond acceptors (Lipinski definition) is 4. The topological polar surface area (TPSA) is 76.1 Å². The van der Waals surface area contributed by atoms with Gasteiger partial charge in [-0.2, -0.15) is 0 Å². The third-order valence-electron chi connectivity index (χ3n) is 3.48. The second-order valence-corrected chi connectivity index (χ2v) is 5.13. The molecule has 20 heavy (non-hydrogen) atoms. The first-order valence-corrected chi connectivity index (χ1v) is 6.23. The normalized spacial score (nSPS) is 17.4. The number of para-hydroxylation sites is 2. The van der Waals surface area contributed by atoms with Gasteiger partial charge in [0.15, 0.2) is 11.5 Å². The van der Waals surface area contributed by atoms with Crippen molar-refractivity contribution in [3.63, 3.8) is 0 Å². The van der Waals surface area contributed by atoms with Gasteiger partial charge in [0.1, 0.15) is 12.1 Å². The molecular formula is C14H17NO5. The molecule has 0 bridgehead atoms. The molecule has 108 valence electrons. The van der Waals surface area contributed by atoms with E-state index in [-0.39, 0.29) is 6.61 Å². The Labute approximate surface area is 116 Å². The summed E-state index contributed by atoms with van der Waals surface area (Å²) in [5.74, 6) is -0.437. The summed E-state index contributed by atoms with van der Waals surface area (Å²) in [6, 6.07) is 7.04. The van der Waals surface area contributed by atoms with Crippen molar-refractivity contribution in [1.29, 1.82) is 0 Å². The minimum atomic E-state index is -1.31. The molecule has 0 saturated heterocycles. The number of carbonyl (C=O) groups is 2. The van der Waals surface area contributed by atoms with Crippen LogP contribution in [0.25, 0.3) is 0 Å². The van der Waals surface area contributed by atoms with E-state index >= 15 is 0 Å². The average molecular weight is 279 g/mol. The lowest BCUT2D eigenvalue weighted by atomic mass is 10.0. The summed E-state index contributed by atoms with van der Waals surface area (Å²) in [7, 11) is 1.44. The van der Waals surface area contributed by atoms with Crippen molar-refractivity contribution in [2.75, 3.05) is 13.7 Å². The number of benzene rings is 1. The maximum absolute atomic E-state index is 12.3. The average Bonchev–Trinajstić information content (AvgIpc) is 2.44. The molecule has 0 radical (unpaired) electrons. The number of likely N-dealkylation sites (N-methyl/N-ethyl adjacent to an activating group) is 1. The van der Waals surface area contributed by atoms with Gasteiger partial charge >= 0.3 is 5.97 Å². The SMILES string of the molecule is CN(C(=O)C1COc2ccccc2O1)C(C)(C)C(=O)O.